The molecule has 1 rings (SSSR count). The summed E-state index contributed by atoms with van der Waals surface area (Å²) in [5.74, 6) is -2.74. The second-order valence-corrected chi connectivity index (χ2v) is 5.91. The lowest BCUT2D eigenvalue weighted by Crippen LogP contribution is -2.42. The van der Waals surface area contributed by atoms with Gasteiger partial charge >= 0.3 is 18.0 Å². The number of amides is 1. The van der Waals surface area contributed by atoms with E-state index in [-0.39, 0.29) is 12.8 Å². The Morgan fingerprint density at radius 1 is 1.18 bits per heavy atom. The molecular formula is C15H25NO6. The molecule has 0 aromatic heterocycles. The van der Waals surface area contributed by atoms with Crippen molar-refractivity contribution in [3.63, 3.8) is 0 Å². The molecule has 1 fully saturated rings. The van der Waals surface area contributed by atoms with Gasteiger partial charge in [-0.25, -0.2) is 4.79 Å². The highest BCUT2D eigenvalue weighted by Gasteiger charge is 2.27. The molecule has 1 aliphatic carbocycles. The van der Waals surface area contributed by atoms with Gasteiger partial charge in [-0.15, -0.1) is 0 Å². The number of carboxylic acid groups (broad SMARTS) is 2. The van der Waals surface area contributed by atoms with Gasteiger partial charge in [0.25, 0.3) is 0 Å². The van der Waals surface area contributed by atoms with Crippen LogP contribution in [0.2, 0.25) is 0 Å². The van der Waals surface area contributed by atoms with E-state index in [9.17, 15) is 14.4 Å². The average molecular weight is 315 g/mol. The maximum Gasteiger partial charge on any atom is 0.407 e. The third-order valence-electron chi connectivity index (χ3n) is 4.11. The van der Waals surface area contributed by atoms with Gasteiger partial charge in [-0.05, 0) is 32.1 Å². The van der Waals surface area contributed by atoms with E-state index >= 15 is 0 Å². The van der Waals surface area contributed by atoms with Crippen molar-refractivity contribution in [3.05, 3.63) is 0 Å². The summed E-state index contributed by atoms with van der Waals surface area (Å²) in [6.07, 6.45) is 4.72. The topological polar surface area (TPSA) is 113 Å². The molecule has 0 aromatic rings. The van der Waals surface area contributed by atoms with Crippen LogP contribution in [0.1, 0.15) is 51.9 Å². The van der Waals surface area contributed by atoms with Gasteiger partial charge in [0.2, 0.25) is 0 Å². The zero-order chi connectivity index (χ0) is 16.5. The smallest absolute Gasteiger partial charge is 0.407 e. The summed E-state index contributed by atoms with van der Waals surface area (Å²) in [6.45, 7) is 1.90. The molecule has 0 radical (unpaired) electrons. The van der Waals surface area contributed by atoms with Gasteiger partial charge in [-0.2, -0.15) is 0 Å². The number of aliphatic carboxylic acids is 2. The van der Waals surface area contributed by atoms with Crippen LogP contribution in [0.3, 0.4) is 0 Å². The second kappa shape index (κ2) is 9.27. The summed E-state index contributed by atoms with van der Waals surface area (Å²) in [6, 6.07) is -0.685. The standard InChI is InChI=1S/C15H25NO6/c1-10(12(14(19)20)7-8-13(17)18)16-15(21)22-9-11-5-3-2-4-6-11/h10-12H,2-9H2,1H3,(H,16,21)(H,17,18)(H,19,20). The number of hydrogen-bond donors (Lipinski definition) is 3. The van der Waals surface area contributed by atoms with Gasteiger partial charge in [0.15, 0.2) is 0 Å². The Hall–Kier alpha value is -1.79. The highest BCUT2D eigenvalue weighted by Crippen LogP contribution is 2.23. The Balaban J connectivity index is 2.35. The van der Waals surface area contributed by atoms with Gasteiger partial charge in [0.1, 0.15) is 0 Å². The fourth-order valence-corrected chi connectivity index (χ4v) is 2.74. The van der Waals surface area contributed by atoms with Crippen molar-refractivity contribution >= 4 is 18.0 Å². The predicted octanol–water partition coefficient (Wildman–Crippen LogP) is 2.25. The summed E-state index contributed by atoms with van der Waals surface area (Å²) >= 11 is 0. The van der Waals surface area contributed by atoms with Crippen LogP contribution in [-0.2, 0) is 14.3 Å². The van der Waals surface area contributed by atoms with Gasteiger partial charge in [0, 0.05) is 12.5 Å². The number of carbonyl (C=O) groups excluding carboxylic acids is 1. The van der Waals surface area contributed by atoms with Crippen LogP contribution in [0.15, 0.2) is 0 Å². The van der Waals surface area contributed by atoms with E-state index in [0.717, 1.165) is 25.7 Å². The zero-order valence-corrected chi connectivity index (χ0v) is 12.9. The van der Waals surface area contributed by atoms with E-state index in [1.165, 1.54) is 6.42 Å². The molecule has 1 amide bonds. The minimum atomic E-state index is -1.12. The molecule has 0 heterocycles. The van der Waals surface area contributed by atoms with Crippen molar-refractivity contribution in [2.75, 3.05) is 6.61 Å². The summed E-state index contributed by atoms with van der Waals surface area (Å²) < 4.78 is 5.15. The van der Waals surface area contributed by atoms with Crippen LogP contribution >= 0.6 is 0 Å². The Labute approximate surface area is 130 Å². The van der Waals surface area contributed by atoms with Crippen LogP contribution in [0.25, 0.3) is 0 Å². The quantitative estimate of drug-likeness (QED) is 0.633. The first-order valence-corrected chi connectivity index (χ1v) is 7.78. The third kappa shape index (κ3) is 6.78. The third-order valence-corrected chi connectivity index (χ3v) is 4.11. The van der Waals surface area contributed by atoms with Crippen molar-refractivity contribution in [2.24, 2.45) is 11.8 Å². The highest BCUT2D eigenvalue weighted by molar-refractivity contribution is 5.74. The van der Waals surface area contributed by atoms with Crippen molar-refractivity contribution in [1.82, 2.24) is 5.32 Å². The van der Waals surface area contributed by atoms with Crippen LogP contribution < -0.4 is 5.32 Å². The zero-order valence-electron chi connectivity index (χ0n) is 12.9. The van der Waals surface area contributed by atoms with E-state index < -0.39 is 30.0 Å². The first-order valence-electron chi connectivity index (χ1n) is 7.78. The minimum Gasteiger partial charge on any atom is -0.481 e. The van der Waals surface area contributed by atoms with Crippen molar-refractivity contribution in [2.45, 2.75) is 57.9 Å². The fraction of sp³-hybridized carbons (Fsp3) is 0.800. The Morgan fingerprint density at radius 2 is 1.82 bits per heavy atom. The SMILES string of the molecule is CC(NC(=O)OCC1CCCCC1)C(CCC(=O)O)C(=O)O. The molecule has 0 spiro atoms. The average Bonchev–Trinajstić information content (AvgIpc) is 2.45. The number of carboxylic acids is 2. The maximum atomic E-state index is 11.7. The first-order chi connectivity index (χ1) is 10.4. The van der Waals surface area contributed by atoms with Gasteiger partial charge < -0.3 is 20.3 Å². The molecule has 1 saturated carbocycles. The molecule has 7 nitrogen and oxygen atoms in total. The monoisotopic (exact) mass is 315 g/mol. The van der Waals surface area contributed by atoms with E-state index in [2.05, 4.69) is 5.32 Å². The van der Waals surface area contributed by atoms with Crippen LogP contribution in [0, 0.1) is 11.8 Å². The normalized spacial score (nSPS) is 18.2. The lowest BCUT2D eigenvalue weighted by atomic mass is 9.90. The van der Waals surface area contributed by atoms with Crippen molar-refractivity contribution in [1.29, 1.82) is 0 Å². The number of rotatable bonds is 8. The highest BCUT2D eigenvalue weighted by atomic mass is 16.5. The maximum absolute atomic E-state index is 11.7. The number of hydrogen-bond acceptors (Lipinski definition) is 4. The molecule has 0 aliphatic heterocycles. The predicted molar refractivity (Wildman–Crippen MR) is 78.5 cm³/mol. The number of alkyl carbamates (subject to hydrolysis) is 1. The molecule has 2 atom stereocenters. The van der Waals surface area contributed by atoms with Crippen LogP contribution in [0.5, 0.6) is 0 Å². The summed E-state index contributed by atoms with van der Waals surface area (Å²) in [5.41, 5.74) is 0. The van der Waals surface area contributed by atoms with Crippen molar-refractivity contribution in [3.8, 4) is 0 Å². The first kappa shape index (κ1) is 18.3. The van der Waals surface area contributed by atoms with E-state index in [0.29, 0.717) is 12.5 Å². The van der Waals surface area contributed by atoms with E-state index in [4.69, 9.17) is 14.9 Å². The molecule has 0 saturated heterocycles. The van der Waals surface area contributed by atoms with Crippen LogP contribution in [-0.4, -0.2) is 40.9 Å². The molecule has 0 bridgehead atoms. The minimum absolute atomic E-state index is 0.0330. The Kier molecular flexibility index (Phi) is 7.70. The molecule has 126 valence electrons. The number of ether oxygens (including phenoxy) is 1. The largest absolute Gasteiger partial charge is 0.481 e. The molecule has 22 heavy (non-hydrogen) atoms. The summed E-state index contributed by atoms with van der Waals surface area (Å²) in [5, 5.41) is 20.2. The van der Waals surface area contributed by atoms with Gasteiger partial charge in [-0.1, -0.05) is 19.3 Å². The van der Waals surface area contributed by atoms with Gasteiger partial charge in [-0.3, -0.25) is 9.59 Å². The molecule has 2 unspecified atom stereocenters. The lowest BCUT2D eigenvalue weighted by Gasteiger charge is -2.23. The Morgan fingerprint density at radius 3 is 2.36 bits per heavy atom. The van der Waals surface area contributed by atoms with Crippen LogP contribution in [0.4, 0.5) is 4.79 Å². The number of carbonyl (C=O) groups is 3. The van der Waals surface area contributed by atoms with Gasteiger partial charge in [0.05, 0.1) is 12.5 Å². The lowest BCUT2D eigenvalue weighted by molar-refractivity contribution is -0.143. The summed E-state index contributed by atoms with van der Waals surface area (Å²) in [4.78, 5) is 33.4. The van der Waals surface area contributed by atoms with Crippen molar-refractivity contribution < 1.29 is 29.3 Å². The Bertz CT molecular complexity index is 391. The van der Waals surface area contributed by atoms with E-state index in [1.54, 1.807) is 6.92 Å². The molecule has 3 N–H and O–H groups in total. The molecular weight excluding hydrogens is 290 g/mol. The van der Waals surface area contributed by atoms with E-state index in [1.807, 2.05) is 0 Å². The fourth-order valence-electron chi connectivity index (χ4n) is 2.74. The molecule has 0 aromatic carbocycles. The molecule has 7 heteroatoms. The second-order valence-electron chi connectivity index (χ2n) is 5.91. The molecule has 1 aliphatic rings. The number of nitrogens with one attached hydrogen (secondary N) is 1. The summed E-state index contributed by atoms with van der Waals surface area (Å²) in [7, 11) is 0.